The summed E-state index contributed by atoms with van der Waals surface area (Å²) in [5.41, 5.74) is 0.555. The van der Waals surface area contributed by atoms with E-state index in [1.807, 2.05) is 12.1 Å². The van der Waals surface area contributed by atoms with Gasteiger partial charge in [0.15, 0.2) is 0 Å². The van der Waals surface area contributed by atoms with Crippen LogP contribution in [0, 0.1) is 0 Å². The first-order chi connectivity index (χ1) is 9.78. The molecule has 1 N–H and O–H groups in total. The van der Waals surface area contributed by atoms with E-state index < -0.39 is 0 Å². The molecular formula is C14H20ClN3O2. The molecule has 1 unspecified atom stereocenters. The van der Waals surface area contributed by atoms with Crippen LogP contribution in [0.3, 0.4) is 0 Å². The third-order valence-electron chi connectivity index (χ3n) is 4.10. The molecule has 0 saturated carbocycles. The van der Waals surface area contributed by atoms with E-state index in [9.17, 15) is 5.11 Å². The predicted molar refractivity (Wildman–Crippen MR) is 78.2 cm³/mol. The number of aliphatic hydroxyl groups excluding tert-OH is 1. The lowest BCUT2D eigenvalue weighted by Crippen LogP contribution is -2.44. The van der Waals surface area contributed by atoms with Crippen LogP contribution in [0.2, 0.25) is 5.02 Å². The Labute approximate surface area is 124 Å². The van der Waals surface area contributed by atoms with Crippen LogP contribution >= 0.6 is 11.6 Å². The van der Waals surface area contributed by atoms with E-state index in [1.54, 1.807) is 0 Å². The second-order valence-corrected chi connectivity index (χ2v) is 5.70. The summed E-state index contributed by atoms with van der Waals surface area (Å²) >= 11 is 5.99. The number of anilines is 1. The van der Waals surface area contributed by atoms with Crippen LogP contribution in [-0.4, -0.2) is 60.4 Å². The van der Waals surface area contributed by atoms with Crippen molar-refractivity contribution in [2.75, 3.05) is 44.3 Å². The van der Waals surface area contributed by atoms with Crippen LogP contribution in [0.5, 0.6) is 0 Å². The summed E-state index contributed by atoms with van der Waals surface area (Å²) in [6, 6.07) is 4.33. The molecule has 20 heavy (non-hydrogen) atoms. The molecule has 2 aliphatic rings. The molecule has 3 heterocycles. The highest BCUT2D eigenvalue weighted by Crippen LogP contribution is 2.24. The van der Waals surface area contributed by atoms with Gasteiger partial charge in [-0.15, -0.1) is 0 Å². The maximum Gasteiger partial charge on any atom is 0.129 e. The molecule has 0 aromatic carbocycles. The number of hydrogen-bond donors (Lipinski definition) is 1. The highest BCUT2D eigenvalue weighted by atomic mass is 35.5. The van der Waals surface area contributed by atoms with Crippen molar-refractivity contribution in [3.05, 3.63) is 22.8 Å². The van der Waals surface area contributed by atoms with E-state index in [2.05, 4.69) is 14.8 Å². The SMILES string of the molecule is OCc1nc(N2CCC(N3CCOCC3)C2)ccc1Cl. The van der Waals surface area contributed by atoms with Crippen LogP contribution in [0.25, 0.3) is 0 Å². The van der Waals surface area contributed by atoms with Crippen molar-refractivity contribution in [3.63, 3.8) is 0 Å². The van der Waals surface area contributed by atoms with Crippen LogP contribution in [0.4, 0.5) is 5.82 Å². The summed E-state index contributed by atoms with van der Waals surface area (Å²) in [7, 11) is 0. The van der Waals surface area contributed by atoms with Gasteiger partial charge in [-0.2, -0.15) is 0 Å². The Morgan fingerprint density at radius 2 is 2.10 bits per heavy atom. The number of ether oxygens (including phenoxy) is 1. The number of rotatable bonds is 3. The van der Waals surface area contributed by atoms with E-state index in [4.69, 9.17) is 16.3 Å². The molecule has 110 valence electrons. The van der Waals surface area contributed by atoms with Gasteiger partial charge in [0.05, 0.1) is 30.5 Å². The third kappa shape index (κ3) is 2.91. The Morgan fingerprint density at radius 3 is 2.85 bits per heavy atom. The van der Waals surface area contributed by atoms with Gasteiger partial charge >= 0.3 is 0 Å². The van der Waals surface area contributed by atoms with Crippen molar-refractivity contribution in [3.8, 4) is 0 Å². The smallest absolute Gasteiger partial charge is 0.129 e. The molecule has 6 heteroatoms. The van der Waals surface area contributed by atoms with Gasteiger partial charge < -0.3 is 14.7 Å². The van der Waals surface area contributed by atoms with Gasteiger partial charge in [-0.25, -0.2) is 4.98 Å². The van der Waals surface area contributed by atoms with Crippen molar-refractivity contribution >= 4 is 17.4 Å². The minimum Gasteiger partial charge on any atom is -0.390 e. The Kier molecular flexibility index (Phi) is 4.41. The van der Waals surface area contributed by atoms with Crippen molar-refractivity contribution in [1.29, 1.82) is 0 Å². The molecule has 0 spiro atoms. The van der Waals surface area contributed by atoms with Gasteiger partial charge in [-0.1, -0.05) is 11.6 Å². The average molecular weight is 298 g/mol. The van der Waals surface area contributed by atoms with Crippen LogP contribution in [-0.2, 0) is 11.3 Å². The van der Waals surface area contributed by atoms with Crippen molar-refractivity contribution in [2.24, 2.45) is 0 Å². The number of aromatic nitrogens is 1. The summed E-state index contributed by atoms with van der Waals surface area (Å²) in [5.74, 6) is 0.911. The van der Waals surface area contributed by atoms with Crippen molar-refractivity contribution in [2.45, 2.75) is 19.1 Å². The van der Waals surface area contributed by atoms with Gasteiger partial charge in [-0.3, -0.25) is 4.90 Å². The minimum atomic E-state index is -0.118. The Hall–Kier alpha value is -0.880. The van der Waals surface area contributed by atoms with Crippen LogP contribution in [0.1, 0.15) is 12.1 Å². The number of aliphatic hydroxyl groups is 1. The zero-order valence-electron chi connectivity index (χ0n) is 11.5. The normalized spacial score (nSPS) is 24.3. The summed E-state index contributed by atoms with van der Waals surface area (Å²) < 4.78 is 5.40. The molecule has 5 nitrogen and oxygen atoms in total. The summed E-state index contributed by atoms with van der Waals surface area (Å²) in [6.45, 7) is 5.59. The van der Waals surface area contributed by atoms with Crippen LogP contribution in [0.15, 0.2) is 12.1 Å². The Morgan fingerprint density at radius 1 is 1.30 bits per heavy atom. The summed E-state index contributed by atoms with van der Waals surface area (Å²) in [4.78, 5) is 9.23. The fourth-order valence-corrected chi connectivity index (χ4v) is 3.12. The first-order valence-corrected chi connectivity index (χ1v) is 7.49. The van der Waals surface area contributed by atoms with Gasteiger partial charge in [0, 0.05) is 32.2 Å². The maximum atomic E-state index is 9.25. The highest BCUT2D eigenvalue weighted by Gasteiger charge is 2.29. The van der Waals surface area contributed by atoms with Crippen LogP contribution < -0.4 is 4.90 Å². The molecule has 0 amide bonds. The monoisotopic (exact) mass is 297 g/mol. The summed E-state index contributed by atoms with van der Waals surface area (Å²) in [5, 5.41) is 9.78. The van der Waals surface area contributed by atoms with Crippen molar-refractivity contribution < 1.29 is 9.84 Å². The molecular weight excluding hydrogens is 278 g/mol. The number of hydrogen-bond acceptors (Lipinski definition) is 5. The van der Waals surface area contributed by atoms with E-state index >= 15 is 0 Å². The first-order valence-electron chi connectivity index (χ1n) is 7.11. The topological polar surface area (TPSA) is 48.8 Å². The molecule has 0 aliphatic carbocycles. The van der Waals surface area contributed by atoms with Crippen molar-refractivity contribution in [1.82, 2.24) is 9.88 Å². The zero-order chi connectivity index (χ0) is 13.9. The van der Waals surface area contributed by atoms with Gasteiger partial charge in [-0.05, 0) is 18.6 Å². The number of pyridine rings is 1. The Balaban J connectivity index is 1.67. The summed E-state index contributed by atoms with van der Waals surface area (Å²) in [6.07, 6.45) is 1.15. The maximum absolute atomic E-state index is 9.25. The fraction of sp³-hybridized carbons (Fsp3) is 0.643. The van der Waals surface area contributed by atoms with Gasteiger partial charge in [0.25, 0.3) is 0 Å². The van der Waals surface area contributed by atoms with E-state index in [0.29, 0.717) is 16.8 Å². The zero-order valence-corrected chi connectivity index (χ0v) is 12.2. The molecule has 0 radical (unpaired) electrons. The third-order valence-corrected chi connectivity index (χ3v) is 4.45. The van der Waals surface area contributed by atoms with Gasteiger partial charge in [0.2, 0.25) is 0 Å². The molecule has 1 atom stereocenters. The predicted octanol–water partition coefficient (Wildman–Crippen LogP) is 1.14. The number of nitrogens with zero attached hydrogens (tertiary/aromatic N) is 3. The fourth-order valence-electron chi connectivity index (χ4n) is 2.95. The second-order valence-electron chi connectivity index (χ2n) is 5.29. The van der Waals surface area contributed by atoms with E-state index in [-0.39, 0.29) is 6.61 Å². The molecule has 2 fully saturated rings. The molecule has 3 rings (SSSR count). The molecule has 1 aromatic rings. The lowest BCUT2D eigenvalue weighted by molar-refractivity contribution is 0.0209. The molecule has 2 saturated heterocycles. The van der Waals surface area contributed by atoms with E-state index in [1.165, 1.54) is 0 Å². The lowest BCUT2D eigenvalue weighted by Gasteiger charge is -2.32. The standard InChI is InChI=1S/C14H20ClN3O2/c15-12-1-2-14(16-13(12)10-19)18-4-3-11(9-18)17-5-7-20-8-6-17/h1-2,11,19H,3-10H2. The van der Waals surface area contributed by atoms with E-state index in [0.717, 1.165) is 51.6 Å². The average Bonchev–Trinajstić information content (AvgIpc) is 2.98. The Bertz CT molecular complexity index is 466. The number of morpholine rings is 1. The molecule has 1 aromatic heterocycles. The highest BCUT2D eigenvalue weighted by molar-refractivity contribution is 6.31. The lowest BCUT2D eigenvalue weighted by atomic mass is 10.2. The van der Waals surface area contributed by atoms with Gasteiger partial charge in [0.1, 0.15) is 5.82 Å². The molecule has 2 aliphatic heterocycles. The molecule has 0 bridgehead atoms. The first kappa shape index (κ1) is 14.1. The minimum absolute atomic E-state index is 0.118. The largest absolute Gasteiger partial charge is 0.390 e. The quantitative estimate of drug-likeness (QED) is 0.907. The second kappa shape index (κ2) is 6.26. The number of halogens is 1.